The number of aryl methyl sites for hydroxylation is 1. The van der Waals surface area contributed by atoms with Crippen LogP contribution in [0.4, 0.5) is 21.5 Å². The fourth-order valence-corrected chi connectivity index (χ4v) is 1.85. The number of benzene rings is 2. The molecule has 0 fully saturated rings. The molecule has 5 N–H and O–H groups in total. The summed E-state index contributed by atoms with van der Waals surface area (Å²) in [6.07, 6.45) is 0. The SMILES string of the molecule is Cc1cc(F)cc(Nc2cccc(C(N)=O)c2N)c1. The second-order valence-electron chi connectivity index (χ2n) is 4.27. The normalized spacial score (nSPS) is 10.2. The molecule has 1 amide bonds. The highest BCUT2D eigenvalue weighted by Crippen LogP contribution is 2.26. The quantitative estimate of drug-likeness (QED) is 0.741. The Bertz CT molecular complexity index is 620. The van der Waals surface area contributed by atoms with Gasteiger partial charge in [0.05, 0.1) is 16.9 Å². The Morgan fingerprint density at radius 2 is 2.00 bits per heavy atom. The van der Waals surface area contributed by atoms with Gasteiger partial charge in [0.25, 0.3) is 5.91 Å². The van der Waals surface area contributed by atoms with Crippen LogP contribution in [0, 0.1) is 12.7 Å². The number of hydrogen-bond donors (Lipinski definition) is 3. The third-order valence-electron chi connectivity index (χ3n) is 2.69. The van der Waals surface area contributed by atoms with Crippen molar-refractivity contribution in [1.29, 1.82) is 0 Å². The Morgan fingerprint density at radius 1 is 1.26 bits per heavy atom. The number of rotatable bonds is 3. The molecule has 5 heteroatoms. The molecular formula is C14H14FN3O. The zero-order valence-electron chi connectivity index (χ0n) is 10.4. The largest absolute Gasteiger partial charge is 0.396 e. The van der Waals surface area contributed by atoms with Gasteiger partial charge in [0.1, 0.15) is 5.82 Å². The molecule has 0 saturated heterocycles. The van der Waals surface area contributed by atoms with Crippen LogP contribution in [0.15, 0.2) is 36.4 Å². The number of nitrogen functional groups attached to an aromatic ring is 1. The van der Waals surface area contributed by atoms with Crippen molar-refractivity contribution < 1.29 is 9.18 Å². The minimum atomic E-state index is -0.600. The third-order valence-corrected chi connectivity index (χ3v) is 2.69. The summed E-state index contributed by atoms with van der Waals surface area (Å²) in [5.74, 6) is -0.941. The molecule has 0 unspecified atom stereocenters. The maximum Gasteiger partial charge on any atom is 0.250 e. The Balaban J connectivity index is 2.38. The van der Waals surface area contributed by atoms with Gasteiger partial charge < -0.3 is 16.8 Å². The van der Waals surface area contributed by atoms with Crippen molar-refractivity contribution in [2.24, 2.45) is 5.73 Å². The van der Waals surface area contributed by atoms with Crippen molar-refractivity contribution >= 4 is 23.0 Å². The molecule has 2 aromatic rings. The summed E-state index contributed by atoms with van der Waals surface area (Å²) in [6.45, 7) is 1.79. The van der Waals surface area contributed by atoms with Crippen molar-refractivity contribution in [2.45, 2.75) is 6.92 Å². The monoisotopic (exact) mass is 259 g/mol. The van der Waals surface area contributed by atoms with Crippen LogP contribution in [0.1, 0.15) is 15.9 Å². The highest BCUT2D eigenvalue weighted by molar-refractivity contribution is 6.01. The molecule has 0 bridgehead atoms. The average molecular weight is 259 g/mol. The predicted octanol–water partition coefficient (Wildman–Crippen LogP) is 2.56. The average Bonchev–Trinajstić information content (AvgIpc) is 2.30. The lowest BCUT2D eigenvalue weighted by Gasteiger charge is -2.12. The van der Waals surface area contributed by atoms with E-state index >= 15 is 0 Å². The zero-order chi connectivity index (χ0) is 14.0. The molecule has 2 aromatic carbocycles. The van der Waals surface area contributed by atoms with Crippen molar-refractivity contribution in [3.8, 4) is 0 Å². The van der Waals surface area contributed by atoms with Gasteiger partial charge in [-0.3, -0.25) is 4.79 Å². The highest BCUT2D eigenvalue weighted by Gasteiger charge is 2.09. The number of nitrogens with two attached hydrogens (primary N) is 2. The first kappa shape index (κ1) is 12.9. The zero-order valence-corrected chi connectivity index (χ0v) is 10.4. The van der Waals surface area contributed by atoms with Crippen molar-refractivity contribution in [2.75, 3.05) is 11.1 Å². The van der Waals surface area contributed by atoms with Crippen LogP contribution in [0.3, 0.4) is 0 Å². The van der Waals surface area contributed by atoms with E-state index in [1.807, 2.05) is 0 Å². The Kier molecular flexibility index (Phi) is 3.37. The summed E-state index contributed by atoms with van der Waals surface area (Å²) in [5.41, 5.74) is 13.4. The van der Waals surface area contributed by atoms with Crippen molar-refractivity contribution in [3.05, 3.63) is 53.3 Å². The minimum absolute atomic E-state index is 0.234. The summed E-state index contributed by atoms with van der Waals surface area (Å²) >= 11 is 0. The molecule has 0 aliphatic heterocycles. The molecule has 0 spiro atoms. The van der Waals surface area contributed by atoms with E-state index in [9.17, 15) is 9.18 Å². The molecule has 2 rings (SSSR count). The second kappa shape index (κ2) is 4.97. The number of carbonyl (C=O) groups excluding carboxylic acids is 1. The minimum Gasteiger partial charge on any atom is -0.396 e. The molecule has 19 heavy (non-hydrogen) atoms. The fraction of sp³-hybridized carbons (Fsp3) is 0.0714. The first-order chi connectivity index (χ1) is 8.97. The standard InChI is InChI=1S/C14H14FN3O/c1-8-5-9(15)7-10(6-8)18-12-4-2-3-11(13(12)16)14(17)19/h2-7,18H,16H2,1H3,(H2,17,19). The number of nitrogens with one attached hydrogen (secondary N) is 1. The number of anilines is 3. The van der Waals surface area contributed by atoms with Gasteiger partial charge in [-0.15, -0.1) is 0 Å². The second-order valence-corrected chi connectivity index (χ2v) is 4.27. The van der Waals surface area contributed by atoms with Crippen LogP contribution in [-0.2, 0) is 0 Å². The van der Waals surface area contributed by atoms with Crippen LogP contribution in [0.2, 0.25) is 0 Å². The molecular weight excluding hydrogens is 245 g/mol. The van der Waals surface area contributed by atoms with Gasteiger partial charge in [-0.25, -0.2) is 4.39 Å². The van der Waals surface area contributed by atoms with Gasteiger partial charge in [0, 0.05) is 5.69 Å². The van der Waals surface area contributed by atoms with Gasteiger partial charge in [-0.1, -0.05) is 6.07 Å². The molecule has 98 valence electrons. The number of amides is 1. The van der Waals surface area contributed by atoms with E-state index in [4.69, 9.17) is 11.5 Å². The van der Waals surface area contributed by atoms with Crippen LogP contribution >= 0.6 is 0 Å². The molecule has 0 saturated carbocycles. The topological polar surface area (TPSA) is 81.1 Å². The van der Waals surface area contributed by atoms with Crippen LogP contribution < -0.4 is 16.8 Å². The molecule has 0 atom stereocenters. The van der Waals surface area contributed by atoms with E-state index in [-0.39, 0.29) is 17.1 Å². The van der Waals surface area contributed by atoms with Crippen LogP contribution in [0.5, 0.6) is 0 Å². The van der Waals surface area contributed by atoms with E-state index < -0.39 is 5.91 Å². The molecule has 0 aliphatic rings. The van der Waals surface area contributed by atoms with E-state index in [1.165, 1.54) is 12.1 Å². The number of hydrogen-bond acceptors (Lipinski definition) is 3. The molecule has 4 nitrogen and oxygen atoms in total. The number of halogens is 1. The summed E-state index contributed by atoms with van der Waals surface area (Å²) < 4.78 is 13.3. The van der Waals surface area contributed by atoms with Gasteiger partial charge in [0.2, 0.25) is 0 Å². The van der Waals surface area contributed by atoms with E-state index in [0.717, 1.165) is 5.56 Å². The maximum atomic E-state index is 13.3. The van der Waals surface area contributed by atoms with Gasteiger partial charge in [0.15, 0.2) is 0 Å². The van der Waals surface area contributed by atoms with E-state index in [1.54, 1.807) is 31.2 Å². The highest BCUT2D eigenvalue weighted by atomic mass is 19.1. The van der Waals surface area contributed by atoms with E-state index in [2.05, 4.69) is 5.32 Å². The first-order valence-electron chi connectivity index (χ1n) is 5.70. The predicted molar refractivity (Wildman–Crippen MR) is 73.8 cm³/mol. The number of para-hydroxylation sites is 1. The Labute approximate surface area is 110 Å². The molecule has 0 radical (unpaired) electrons. The number of primary amides is 1. The summed E-state index contributed by atoms with van der Waals surface area (Å²) in [7, 11) is 0. The number of carbonyl (C=O) groups is 1. The summed E-state index contributed by atoms with van der Waals surface area (Å²) in [6, 6.07) is 9.45. The molecule has 0 aromatic heterocycles. The fourth-order valence-electron chi connectivity index (χ4n) is 1.85. The van der Waals surface area contributed by atoms with Crippen molar-refractivity contribution in [1.82, 2.24) is 0 Å². The lowest BCUT2D eigenvalue weighted by atomic mass is 10.1. The van der Waals surface area contributed by atoms with Crippen LogP contribution in [-0.4, -0.2) is 5.91 Å². The van der Waals surface area contributed by atoms with Crippen molar-refractivity contribution in [3.63, 3.8) is 0 Å². The molecule has 0 heterocycles. The lowest BCUT2D eigenvalue weighted by Crippen LogP contribution is -2.14. The first-order valence-corrected chi connectivity index (χ1v) is 5.70. The van der Waals surface area contributed by atoms with Gasteiger partial charge in [-0.05, 0) is 42.8 Å². The van der Waals surface area contributed by atoms with E-state index in [0.29, 0.717) is 11.4 Å². The van der Waals surface area contributed by atoms with Gasteiger partial charge in [-0.2, -0.15) is 0 Å². The third kappa shape index (κ3) is 2.82. The Hall–Kier alpha value is -2.56. The lowest BCUT2D eigenvalue weighted by molar-refractivity contribution is 0.100. The summed E-state index contributed by atoms with van der Waals surface area (Å²) in [5, 5.41) is 2.98. The van der Waals surface area contributed by atoms with Gasteiger partial charge >= 0.3 is 0 Å². The Morgan fingerprint density at radius 3 is 2.63 bits per heavy atom. The summed E-state index contributed by atoms with van der Waals surface area (Å²) in [4.78, 5) is 11.2. The molecule has 0 aliphatic carbocycles. The maximum absolute atomic E-state index is 13.3. The smallest absolute Gasteiger partial charge is 0.250 e. The van der Waals surface area contributed by atoms with Crippen LogP contribution in [0.25, 0.3) is 0 Å².